The zero-order valence-electron chi connectivity index (χ0n) is 6.51. The van der Waals surface area contributed by atoms with Crippen LogP contribution in [0.5, 0.6) is 0 Å². The van der Waals surface area contributed by atoms with Crippen LogP contribution in [0.1, 0.15) is 11.4 Å². The van der Waals surface area contributed by atoms with Gasteiger partial charge in [-0.05, 0) is 13.8 Å². The fourth-order valence-electron chi connectivity index (χ4n) is 0.925. The maximum atomic E-state index is 10.9. The molecule has 10 heavy (non-hydrogen) atoms. The highest BCUT2D eigenvalue weighted by Gasteiger charge is 1.93. The van der Waals surface area contributed by atoms with Crippen molar-refractivity contribution in [3.05, 3.63) is 33.7 Å². The normalized spacial score (nSPS) is 9.90. The van der Waals surface area contributed by atoms with Crippen molar-refractivity contribution in [1.82, 2.24) is 4.57 Å². The predicted molar refractivity (Wildman–Crippen MR) is 41.2 cm³/mol. The van der Waals surface area contributed by atoms with Gasteiger partial charge in [-0.2, -0.15) is 0 Å². The van der Waals surface area contributed by atoms with Crippen LogP contribution in [-0.2, 0) is 7.05 Å². The molecular formula is C8H11NO. The first kappa shape index (κ1) is 7.06. The molecule has 0 saturated heterocycles. The minimum atomic E-state index is 0.0908. The first-order valence-corrected chi connectivity index (χ1v) is 3.25. The maximum Gasteiger partial charge on any atom is 0.182 e. The summed E-state index contributed by atoms with van der Waals surface area (Å²) in [6.07, 6.45) is 0. The summed E-state index contributed by atoms with van der Waals surface area (Å²) in [6, 6.07) is 3.26. The Hall–Kier alpha value is -1.05. The second-order valence-electron chi connectivity index (χ2n) is 2.53. The van der Waals surface area contributed by atoms with Crippen molar-refractivity contribution in [3.8, 4) is 0 Å². The highest BCUT2D eigenvalue weighted by atomic mass is 16.1. The van der Waals surface area contributed by atoms with Crippen LogP contribution in [0, 0.1) is 13.8 Å². The monoisotopic (exact) mass is 137 g/mol. The Morgan fingerprint density at radius 3 is 2.00 bits per heavy atom. The van der Waals surface area contributed by atoms with Gasteiger partial charge in [-0.1, -0.05) is 0 Å². The molecule has 1 aromatic heterocycles. The molecule has 54 valence electrons. The van der Waals surface area contributed by atoms with Crippen LogP contribution >= 0.6 is 0 Å². The van der Waals surface area contributed by atoms with E-state index in [4.69, 9.17) is 0 Å². The molecule has 1 rings (SSSR count). The van der Waals surface area contributed by atoms with Crippen LogP contribution in [0.2, 0.25) is 0 Å². The molecule has 0 N–H and O–H groups in total. The third-order valence-corrected chi connectivity index (χ3v) is 1.76. The first-order valence-electron chi connectivity index (χ1n) is 3.25. The topological polar surface area (TPSA) is 22.0 Å². The van der Waals surface area contributed by atoms with Crippen LogP contribution < -0.4 is 5.43 Å². The zero-order valence-corrected chi connectivity index (χ0v) is 6.51. The molecule has 2 heteroatoms. The lowest BCUT2D eigenvalue weighted by atomic mass is 10.3. The molecule has 0 aliphatic heterocycles. The van der Waals surface area contributed by atoms with Gasteiger partial charge >= 0.3 is 0 Å². The molecule has 2 nitrogen and oxygen atoms in total. The van der Waals surface area contributed by atoms with E-state index in [1.54, 1.807) is 12.1 Å². The van der Waals surface area contributed by atoms with Crippen molar-refractivity contribution in [1.29, 1.82) is 0 Å². The minimum absolute atomic E-state index is 0.0908. The van der Waals surface area contributed by atoms with Crippen molar-refractivity contribution in [3.63, 3.8) is 0 Å². The Balaban J connectivity index is 3.46. The van der Waals surface area contributed by atoms with Crippen LogP contribution in [0.25, 0.3) is 0 Å². The van der Waals surface area contributed by atoms with E-state index < -0.39 is 0 Å². The second-order valence-corrected chi connectivity index (χ2v) is 2.53. The smallest absolute Gasteiger partial charge is 0.182 e. The Morgan fingerprint density at radius 2 is 1.60 bits per heavy atom. The van der Waals surface area contributed by atoms with E-state index >= 15 is 0 Å². The van der Waals surface area contributed by atoms with Crippen LogP contribution in [-0.4, -0.2) is 4.57 Å². The van der Waals surface area contributed by atoms with E-state index in [9.17, 15) is 4.79 Å². The third-order valence-electron chi connectivity index (χ3n) is 1.76. The van der Waals surface area contributed by atoms with Gasteiger partial charge in [-0.15, -0.1) is 0 Å². The van der Waals surface area contributed by atoms with Gasteiger partial charge in [0.2, 0.25) is 0 Å². The average Bonchev–Trinajstić information content (AvgIpc) is 1.82. The molecule has 0 aliphatic rings. The molecule has 0 spiro atoms. The first-order chi connectivity index (χ1) is 4.61. The van der Waals surface area contributed by atoms with E-state index in [-0.39, 0.29) is 5.43 Å². The molecule has 0 fully saturated rings. The van der Waals surface area contributed by atoms with Crippen molar-refractivity contribution >= 4 is 0 Å². The summed E-state index contributed by atoms with van der Waals surface area (Å²) in [4.78, 5) is 10.9. The summed E-state index contributed by atoms with van der Waals surface area (Å²) in [5, 5.41) is 0. The summed E-state index contributed by atoms with van der Waals surface area (Å²) in [7, 11) is 1.95. The van der Waals surface area contributed by atoms with Gasteiger partial charge in [-0.3, -0.25) is 4.79 Å². The summed E-state index contributed by atoms with van der Waals surface area (Å²) in [6.45, 7) is 3.85. The van der Waals surface area contributed by atoms with E-state index in [1.165, 1.54) is 0 Å². The molecule has 0 aromatic carbocycles. The number of pyridine rings is 1. The van der Waals surface area contributed by atoms with Crippen molar-refractivity contribution in [2.45, 2.75) is 13.8 Å². The Labute approximate surface area is 60.1 Å². The molecule has 1 aromatic rings. The van der Waals surface area contributed by atoms with E-state index in [0.717, 1.165) is 11.4 Å². The number of hydrogen-bond acceptors (Lipinski definition) is 1. The fourth-order valence-corrected chi connectivity index (χ4v) is 0.925. The molecule has 0 unspecified atom stereocenters. The number of rotatable bonds is 0. The van der Waals surface area contributed by atoms with Crippen molar-refractivity contribution in [2.75, 3.05) is 0 Å². The van der Waals surface area contributed by atoms with E-state index in [0.29, 0.717) is 0 Å². The summed E-state index contributed by atoms with van der Waals surface area (Å²) < 4.78 is 1.99. The van der Waals surface area contributed by atoms with Crippen LogP contribution in [0.4, 0.5) is 0 Å². The minimum Gasteiger partial charge on any atom is -0.352 e. The van der Waals surface area contributed by atoms with Gasteiger partial charge in [0.1, 0.15) is 0 Å². The summed E-state index contributed by atoms with van der Waals surface area (Å²) in [5.74, 6) is 0. The SMILES string of the molecule is Cc1cc(=O)cc(C)n1C. The Kier molecular flexibility index (Phi) is 1.62. The highest BCUT2D eigenvalue weighted by molar-refractivity contribution is 5.11. The quantitative estimate of drug-likeness (QED) is 0.523. The fraction of sp³-hybridized carbons (Fsp3) is 0.375. The van der Waals surface area contributed by atoms with Gasteiger partial charge in [0.25, 0.3) is 0 Å². The van der Waals surface area contributed by atoms with Gasteiger partial charge in [0.05, 0.1) is 0 Å². The molecule has 0 atom stereocenters. The van der Waals surface area contributed by atoms with E-state index in [1.807, 2.05) is 25.5 Å². The number of hydrogen-bond donors (Lipinski definition) is 0. The van der Waals surface area contributed by atoms with Crippen molar-refractivity contribution < 1.29 is 0 Å². The molecule has 1 heterocycles. The highest BCUT2D eigenvalue weighted by Crippen LogP contribution is 1.95. The average molecular weight is 137 g/mol. The van der Waals surface area contributed by atoms with Gasteiger partial charge in [-0.25, -0.2) is 0 Å². The Bertz CT molecular complexity index is 272. The maximum absolute atomic E-state index is 10.9. The zero-order chi connectivity index (χ0) is 7.72. The predicted octanol–water partition coefficient (Wildman–Crippen LogP) is 1.00. The molecule has 0 aliphatic carbocycles. The lowest BCUT2D eigenvalue weighted by molar-refractivity contribution is 0.813. The third kappa shape index (κ3) is 1.10. The molecule has 0 amide bonds. The van der Waals surface area contributed by atoms with Gasteiger partial charge in [0, 0.05) is 30.6 Å². The number of aryl methyl sites for hydroxylation is 2. The summed E-state index contributed by atoms with van der Waals surface area (Å²) >= 11 is 0. The van der Waals surface area contributed by atoms with Crippen LogP contribution in [0.3, 0.4) is 0 Å². The van der Waals surface area contributed by atoms with E-state index in [2.05, 4.69) is 0 Å². The lowest BCUT2D eigenvalue weighted by Crippen LogP contribution is -2.08. The van der Waals surface area contributed by atoms with Gasteiger partial charge in [0.15, 0.2) is 5.43 Å². The van der Waals surface area contributed by atoms with Crippen molar-refractivity contribution in [2.24, 2.45) is 7.05 Å². The summed E-state index contributed by atoms with van der Waals surface area (Å²) in [5.41, 5.74) is 2.10. The number of aromatic nitrogens is 1. The molecule has 0 bridgehead atoms. The largest absolute Gasteiger partial charge is 0.352 e. The molecule has 0 radical (unpaired) electrons. The molecule has 0 saturated carbocycles. The Morgan fingerprint density at radius 1 is 1.20 bits per heavy atom. The molecular weight excluding hydrogens is 126 g/mol. The van der Waals surface area contributed by atoms with Crippen LogP contribution in [0.15, 0.2) is 16.9 Å². The standard InChI is InChI=1S/C8H11NO/c1-6-4-8(10)5-7(2)9(6)3/h4-5H,1-3H3. The number of nitrogens with zero attached hydrogens (tertiary/aromatic N) is 1. The van der Waals surface area contributed by atoms with Gasteiger partial charge < -0.3 is 4.57 Å². The second kappa shape index (κ2) is 2.29. The lowest BCUT2D eigenvalue weighted by Gasteiger charge is -2.05.